The van der Waals surface area contributed by atoms with Gasteiger partial charge in [0.2, 0.25) is 3.79 Å². The smallest absolute Gasteiger partial charge is 0.209 e. The zero-order valence-corrected chi connectivity index (χ0v) is 6.34. The Morgan fingerprint density at radius 3 is 2.00 bits per heavy atom. The Balaban J connectivity index is 3.52. The molecule has 0 aromatic heterocycles. The first-order valence-electron chi connectivity index (χ1n) is 2.01. The minimum Gasteiger partial charge on any atom is -0.327 e. The van der Waals surface area contributed by atoms with Crippen LogP contribution in [0.3, 0.4) is 0 Å². The van der Waals surface area contributed by atoms with Crippen LogP contribution in [-0.4, -0.2) is 10.3 Å². The molecule has 8 heavy (non-hydrogen) atoms. The van der Waals surface area contributed by atoms with Crippen LogP contribution in [0.5, 0.6) is 0 Å². The Bertz CT molecular complexity index is 83.8. The Morgan fingerprint density at radius 2 is 1.88 bits per heavy atom. The Hall–Kier alpha value is 0.570. The van der Waals surface area contributed by atoms with Crippen LogP contribution in [0.4, 0.5) is 0 Å². The molecular formula is C4H6Cl3N. The van der Waals surface area contributed by atoms with Crippen LogP contribution in [-0.2, 0) is 0 Å². The number of hydrogen-bond donors (Lipinski definition) is 1. The number of nitrogens with two attached hydrogens (primary N) is 1. The van der Waals surface area contributed by atoms with Gasteiger partial charge in [0, 0.05) is 6.54 Å². The van der Waals surface area contributed by atoms with E-state index in [1.165, 1.54) is 6.08 Å². The van der Waals surface area contributed by atoms with Gasteiger partial charge in [-0.2, -0.15) is 0 Å². The van der Waals surface area contributed by atoms with Gasteiger partial charge in [0.15, 0.2) is 0 Å². The monoisotopic (exact) mass is 173 g/mol. The molecule has 48 valence electrons. The van der Waals surface area contributed by atoms with Crippen LogP contribution >= 0.6 is 34.8 Å². The Morgan fingerprint density at radius 1 is 1.38 bits per heavy atom. The molecule has 0 rings (SSSR count). The highest BCUT2D eigenvalue weighted by Crippen LogP contribution is 2.26. The predicted octanol–water partition coefficient (Wildman–Crippen LogP) is 1.87. The van der Waals surface area contributed by atoms with Gasteiger partial charge >= 0.3 is 0 Å². The molecule has 0 aromatic carbocycles. The maximum Gasteiger partial charge on any atom is 0.209 e. The molecular weight excluding hydrogens is 168 g/mol. The predicted molar refractivity (Wildman–Crippen MR) is 38.5 cm³/mol. The molecule has 0 atom stereocenters. The Kier molecular flexibility index (Phi) is 3.82. The number of alkyl halides is 3. The van der Waals surface area contributed by atoms with Crippen LogP contribution in [0.1, 0.15) is 0 Å². The fourth-order valence-corrected chi connectivity index (χ4v) is 0.469. The molecule has 0 saturated carbocycles. The third kappa shape index (κ3) is 6.57. The molecule has 4 heteroatoms. The van der Waals surface area contributed by atoms with E-state index in [2.05, 4.69) is 0 Å². The quantitative estimate of drug-likeness (QED) is 0.477. The highest BCUT2D eigenvalue weighted by Gasteiger charge is 2.12. The third-order valence-electron chi connectivity index (χ3n) is 0.443. The van der Waals surface area contributed by atoms with Crippen molar-refractivity contribution in [3.63, 3.8) is 0 Å². The van der Waals surface area contributed by atoms with Gasteiger partial charge in [-0.3, -0.25) is 0 Å². The molecule has 0 amide bonds. The lowest BCUT2D eigenvalue weighted by Crippen LogP contribution is -1.98. The van der Waals surface area contributed by atoms with Gasteiger partial charge in [-0.05, 0) is 6.08 Å². The summed E-state index contributed by atoms with van der Waals surface area (Å²) in [5.74, 6) is 0. The summed E-state index contributed by atoms with van der Waals surface area (Å²) in [6.45, 7) is 0.397. The molecule has 0 bridgehead atoms. The molecule has 0 aromatic rings. The van der Waals surface area contributed by atoms with E-state index >= 15 is 0 Å². The van der Waals surface area contributed by atoms with Crippen molar-refractivity contribution >= 4 is 34.8 Å². The van der Waals surface area contributed by atoms with Crippen molar-refractivity contribution in [2.75, 3.05) is 6.54 Å². The number of rotatable bonds is 1. The lowest BCUT2D eigenvalue weighted by Gasteiger charge is -2.00. The number of hydrogen-bond acceptors (Lipinski definition) is 1. The fraction of sp³-hybridized carbons (Fsp3) is 0.500. The molecule has 0 aliphatic rings. The van der Waals surface area contributed by atoms with Gasteiger partial charge < -0.3 is 5.73 Å². The first kappa shape index (κ1) is 8.57. The van der Waals surface area contributed by atoms with Crippen molar-refractivity contribution in [1.82, 2.24) is 0 Å². The summed E-state index contributed by atoms with van der Waals surface area (Å²) in [7, 11) is 0. The molecule has 2 N–H and O–H groups in total. The van der Waals surface area contributed by atoms with Crippen LogP contribution in [0.2, 0.25) is 0 Å². The SMILES string of the molecule is NCC=CC(Cl)(Cl)Cl. The zero-order valence-electron chi connectivity index (χ0n) is 4.07. The lowest BCUT2D eigenvalue weighted by atomic mass is 10.5. The largest absolute Gasteiger partial charge is 0.327 e. The number of halogens is 3. The minimum atomic E-state index is -1.29. The van der Waals surface area contributed by atoms with E-state index in [4.69, 9.17) is 40.5 Å². The average molecular weight is 174 g/mol. The average Bonchev–Trinajstić information content (AvgIpc) is 1.59. The minimum absolute atomic E-state index is 0.397. The van der Waals surface area contributed by atoms with Gasteiger partial charge in [-0.1, -0.05) is 40.9 Å². The molecule has 0 radical (unpaired) electrons. The van der Waals surface area contributed by atoms with Crippen molar-refractivity contribution in [1.29, 1.82) is 0 Å². The van der Waals surface area contributed by atoms with Crippen molar-refractivity contribution < 1.29 is 0 Å². The summed E-state index contributed by atoms with van der Waals surface area (Å²) in [5.41, 5.74) is 5.07. The van der Waals surface area contributed by atoms with Crippen LogP contribution in [0.25, 0.3) is 0 Å². The zero-order chi connectivity index (χ0) is 6.62. The highest BCUT2D eigenvalue weighted by molar-refractivity contribution is 6.68. The van der Waals surface area contributed by atoms with E-state index in [1.54, 1.807) is 6.08 Å². The van der Waals surface area contributed by atoms with E-state index in [-0.39, 0.29) is 0 Å². The molecule has 0 spiro atoms. The van der Waals surface area contributed by atoms with Gasteiger partial charge in [0.1, 0.15) is 0 Å². The topological polar surface area (TPSA) is 26.0 Å². The summed E-state index contributed by atoms with van der Waals surface area (Å²) in [6.07, 6.45) is 3.00. The van der Waals surface area contributed by atoms with E-state index in [0.29, 0.717) is 6.54 Å². The molecule has 0 heterocycles. The van der Waals surface area contributed by atoms with Gasteiger partial charge in [-0.25, -0.2) is 0 Å². The number of allylic oxidation sites excluding steroid dienone is 1. The van der Waals surface area contributed by atoms with Gasteiger partial charge in [0.25, 0.3) is 0 Å². The molecule has 0 saturated heterocycles. The second-order valence-corrected chi connectivity index (χ2v) is 3.55. The maximum absolute atomic E-state index is 5.30. The van der Waals surface area contributed by atoms with E-state index in [0.717, 1.165) is 0 Å². The summed E-state index contributed by atoms with van der Waals surface area (Å²) in [4.78, 5) is 0. The molecule has 0 fully saturated rings. The van der Waals surface area contributed by atoms with Gasteiger partial charge in [-0.15, -0.1) is 0 Å². The summed E-state index contributed by atoms with van der Waals surface area (Å²) in [6, 6.07) is 0. The molecule has 0 aliphatic carbocycles. The van der Waals surface area contributed by atoms with E-state index in [9.17, 15) is 0 Å². The van der Waals surface area contributed by atoms with Crippen molar-refractivity contribution in [3.8, 4) is 0 Å². The lowest BCUT2D eigenvalue weighted by molar-refractivity contribution is 1.23. The van der Waals surface area contributed by atoms with Crippen molar-refractivity contribution in [2.24, 2.45) is 5.73 Å². The van der Waals surface area contributed by atoms with E-state index in [1.807, 2.05) is 0 Å². The first-order chi connectivity index (χ1) is 3.56. The summed E-state index contributed by atoms with van der Waals surface area (Å²) >= 11 is 15.9. The molecule has 0 unspecified atom stereocenters. The standard InChI is InChI=1S/C4H6Cl3N/c5-4(6,7)2-1-3-8/h1-2H,3,8H2. The summed E-state index contributed by atoms with van der Waals surface area (Å²) in [5, 5.41) is 0. The van der Waals surface area contributed by atoms with Crippen LogP contribution < -0.4 is 5.73 Å². The second kappa shape index (κ2) is 3.57. The second-order valence-electron chi connectivity index (χ2n) is 1.18. The van der Waals surface area contributed by atoms with Gasteiger partial charge in [0.05, 0.1) is 0 Å². The third-order valence-corrected chi connectivity index (χ3v) is 0.821. The first-order valence-corrected chi connectivity index (χ1v) is 3.14. The normalized spacial score (nSPS) is 13.0. The molecule has 0 aliphatic heterocycles. The molecule has 1 nitrogen and oxygen atoms in total. The Labute approximate surface area is 63.4 Å². The summed E-state index contributed by atoms with van der Waals surface area (Å²) < 4.78 is -1.29. The van der Waals surface area contributed by atoms with Crippen molar-refractivity contribution in [3.05, 3.63) is 12.2 Å². The van der Waals surface area contributed by atoms with E-state index < -0.39 is 3.79 Å². The van der Waals surface area contributed by atoms with Crippen molar-refractivity contribution in [2.45, 2.75) is 3.79 Å². The van der Waals surface area contributed by atoms with Crippen LogP contribution in [0.15, 0.2) is 12.2 Å². The fourth-order valence-electron chi connectivity index (χ4n) is 0.202. The van der Waals surface area contributed by atoms with Crippen LogP contribution in [0, 0.1) is 0 Å². The highest BCUT2D eigenvalue weighted by atomic mass is 35.6. The maximum atomic E-state index is 5.30.